The van der Waals surface area contributed by atoms with Crippen LogP contribution >= 0.6 is 0 Å². The first-order valence-electron chi connectivity index (χ1n) is 7.33. The highest BCUT2D eigenvalue weighted by Gasteiger charge is 2.45. The van der Waals surface area contributed by atoms with Crippen molar-refractivity contribution < 1.29 is 12.8 Å². The van der Waals surface area contributed by atoms with Crippen molar-refractivity contribution in [3.8, 4) is 0 Å². The lowest BCUT2D eigenvalue weighted by molar-refractivity contribution is 0.427. The highest BCUT2D eigenvalue weighted by molar-refractivity contribution is 7.89. The van der Waals surface area contributed by atoms with Gasteiger partial charge in [-0.2, -0.15) is 4.31 Å². The fraction of sp³-hybridized carbons (Fsp3) is 0.600. The molecule has 0 radical (unpaired) electrons. The van der Waals surface area contributed by atoms with Crippen molar-refractivity contribution in [1.82, 2.24) is 4.31 Å². The van der Waals surface area contributed by atoms with E-state index in [-0.39, 0.29) is 22.7 Å². The lowest BCUT2D eigenvalue weighted by Gasteiger charge is -2.19. The predicted molar refractivity (Wildman–Crippen MR) is 78.8 cm³/mol. The monoisotopic (exact) mass is 312 g/mol. The van der Waals surface area contributed by atoms with Crippen LogP contribution in [0.1, 0.15) is 24.0 Å². The normalized spacial score (nSPS) is 29.8. The van der Waals surface area contributed by atoms with Crippen LogP contribution in [0, 0.1) is 31.5 Å². The lowest BCUT2D eigenvalue weighted by atomic mass is 9.98. The van der Waals surface area contributed by atoms with Gasteiger partial charge in [-0.3, -0.25) is 0 Å². The molecule has 3 atom stereocenters. The molecule has 0 bridgehead atoms. The van der Waals surface area contributed by atoms with Crippen LogP contribution < -0.4 is 5.73 Å². The number of fused-ring (bicyclic) bond motifs is 1. The second kappa shape index (κ2) is 5.04. The summed E-state index contributed by atoms with van der Waals surface area (Å²) in [6.45, 7) is 4.21. The van der Waals surface area contributed by atoms with Gasteiger partial charge in [-0.25, -0.2) is 12.8 Å². The van der Waals surface area contributed by atoms with Gasteiger partial charge in [0.2, 0.25) is 10.0 Å². The van der Waals surface area contributed by atoms with E-state index in [0.29, 0.717) is 30.1 Å². The molecule has 1 aliphatic heterocycles. The van der Waals surface area contributed by atoms with Gasteiger partial charge in [0.1, 0.15) is 5.82 Å². The molecule has 1 heterocycles. The summed E-state index contributed by atoms with van der Waals surface area (Å²) in [5.74, 6) is 0.300. The van der Waals surface area contributed by atoms with E-state index in [2.05, 4.69) is 0 Å². The molecule has 2 fully saturated rings. The van der Waals surface area contributed by atoms with Gasteiger partial charge in [0.05, 0.1) is 4.90 Å². The van der Waals surface area contributed by atoms with Gasteiger partial charge in [-0.1, -0.05) is 0 Å². The molecule has 2 N–H and O–H groups in total. The Morgan fingerprint density at radius 2 is 1.81 bits per heavy atom. The third-order valence-electron chi connectivity index (χ3n) is 4.93. The molecule has 116 valence electrons. The van der Waals surface area contributed by atoms with Crippen molar-refractivity contribution in [3.05, 3.63) is 29.1 Å². The molecule has 1 aliphatic carbocycles. The highest BCUT2D eigenvalue weighted by atomic mass is 32.2. The minimum atomic E-state index is -3.55. The molecule has 0 spiro atoms. The molecule has 1 saturated carbocycles. The van der Waals surface area contributed by atoms with Crippen LogP contribution in [0.25, 0.3) is 0 Å². The third-order valence-corrected chi connectivity index (χ3v) is 6.74. The topological polar surface area (TPSA) is 63.4 Å². The molecule has 3 unspecified atom stereocenters. The van der Waals surface area contributed by atoms with Crippen LogP contribution in [-0.2, 0) is 10.0 Å². The minimum Gasteiger partial charge on any atom is -0.327 e. The van der Waals surface area contributed by atoms with Crippen LogP contribution in [0.2, 0.25) is 0 Å². The molecule has 1 saturated heterocycles. The van der Waals surface area contributed by atoms with Crippen molar-refractivity contribution >= 4 is 10.0 Å². The third kappa shape index (κ3) is 2.39. The van der Waals surface area contributed by atoms with E-state index < -0.39 is 10.0 Å². The van der Waals surface area contributed by atoms with Crippen molar-refractivity contribution in [2.75, 3.05) is 13.1 Å². The zero-order valence-electron chi connectivity index (χ0n) is 12.3. The molecule has 0 amide bonds. The summed E-state index contributed by atoms with van der Waals surface area (Å²) in [5.41, 5.74) is 6.79. The minimum absolute atomic E-state index is 0.104. The molecular weight excluding hydrogens is 291 g/mol. The van der Waals surface area contributed by atoms with E-state index in [9.17, 15) is 12.8 Å². The maximum atomic E-state index is 13.7. The van der Waals surface area contributed by atoms with E-state index >= 15 is 0 Å². The van der Waals surface area contributed by atoms with Crippen LogP contribution in [0.5, 0.6) is 0 Å². The number of hydrogen-bond donors (Lipinski definition) is 1. The molecule has 21 heavy (non-hydrogen) atoms. The SMILES string of the molecule is Cc1cc(S(=O)(=O)N2CC3CCC(N)C3C2)cc(C)c1F. The first kappa shape index (κ1) is 14.9. The number of nitrogens with zero attached hydrogens (tertiary/aromatic N) is 1. The number of nitrogens with two attached hydrogens (primary N) is 1. The van der Waals surface area contributed by atoms with Gasteiger partial charge in [0, 0.05) is 19.1 Å². The standard InChI is InChI=1S/C15H21FN2O2S/c1-9-5-12(6-10(2)15(9)16)21(19,20)18-7-11-3-4-14(17)13(11)8-18/h5-6,11,13-14H,3-4,7-8,17H2,1-2H3. The highest BCUT2D eigenvalue weighted by Crippen LogP contribution is 2.39. The summed E-state index contributed by atoms with van der Waals surface area (Å²) in [4.78, 5) is 0.187. The van der Waals surface area contributed by atoms with Gasteiger partial charge >= 0.3 is 0 Å². The Balaban J connectivity index is 1.92. The Bertz CT molecular complexity index is 651. The van der Waals surface area contributed by atoms with Crippen molar-refractivity contribution in [2.45, 2.75) is 37.6 Å². The molecular formula is C15H21FN2O2S. The Morgan fingerprint density at radius 1 is 1.19 bits per heavy atom. The number of halogens is 1. The Morgan fingerprint density at radius 3 is 2.38 bits per heavy atom. The van der Waals surface area contributed by atoms with Crippen molar-refractivity contribution in [3.63, 3.8) is 0 Å². The molecule has 1 aromatic carbocycles. The average molecular weight is 312 g/mol. The Kier molecular flexibility index (Phi) is 3.58. The van der Waals surface area contributed by atoms with Gasteiger partial charge in [0.25, 0.3) is 0 Å². The number of rotatable bonds is 2. The number of aryl methyl sites for hydroxylation is 2. The fourth-order valence-electron chi connectivity index (χ4n) is 3.67. The molecule has 1 aromatic rings. The number of benzene rings is 1. The molecule has 3 rings (SSSR count). The van der Waals surface area contributed by atoms with E-state index in [4.69, 9.17) is 5.73 Å². The maximum absolute atomic E-state index is 13.7. The predicted octanol–water partition coefficient (Wildman–Crippen LogP) is 1.80. The zero-order valence-corrected chi connectivity index (χ0v) is 13.2. The first-order chi connectivity index (χ1) is 9.80. The number of hydrogen-bond acceptors (Lipinski definition) is 3. The van der Waals surface area contributed by atoms with E-state index in [1.54, 1.807) is 13.8 Å². The summed E-state index contributed by atoms with van der Waals surface area (Å²) in [6.07, 6.45) is 1.98. The van der Waals surface area contributed by atoms with Gasteiger partial charge in [0.15, 0.2) is 0 Å². The molecule has 0 aromatic heterocycles. The van der Waals surface area contributed by atoms with Crippen LogP contribution in [-0.4, -0.2) is 31.9 Å². The fourth-order valence-corrected chi connectivity index (χ4v) is 5.37. The molecule has 6 heteroatoms. The zero-order chi connectivity index (χ0) is 15.4. The van der Waals surface area contributed by atoms with Crippen LogP contribution in [0.15, 0.2) is 17.0 Å². The molecule has 2 aliphatic rings. The lowest BCUT2D eigenvalue weighted by Crippen LogP contribution is -2.33. The van der Waals surface area contributed by atoms with E-state index in [1.165, 1.54) is 16.4 Å². The Hall–Kier alpha value is -0.980. The van der Waals surface area contributed by atoms with Crippen LogP contribution in [0.4, 0.5) is 4.39 Å². The van der Waals surface area contributed by atoms with Crippen molar-refractivity contribution in [2.24, 2.45) is 17.6 Å². The average Bonchev–Trinajstić information content (AvgIpc) is 2.98. The van der Waals surface area contributed by atoms with Crippen molar-refractivity contribution in [1.29, 1.82) is 0 Å². The summed E-state index contributed by atoms with van der Waals surface area (Å²) in [5, 5.41) is 0. The van der Waals surface area contributed by atoms with E-state index in [1.807, 2.05) is 0 Å². The summed E-state index contributed by atoms with van der Waals surface area (Å²) in [7, 11) is -3.55. The second-order valence-corrected chi connectivity index (χ2v) is 8.30. The smallest absolute Gasteiger partial charge is 0.243 e. The quantitative estimate of drug-likeness (QED) is 0.906. The summed E-state index contributed by atoms with van der Waals surface area (Å²) < 4.78 is 40.7. The summed E-state index contributed by atoms with van der Waals surface area (Å²) in [6, 6.07) is 2.95. The van der Waals surface area contributed by atoms with Crippen LogP contribution in [0.3, 0.4) is 0 Å². The second-order valence-electron chi connectivity index (χ2n) is 6.36. The number of sulfonamides is 1. The molecule has 4 nitrogen and oxygen atoms in total. The van der Waals surface area contributed by atoms with E-state index in [0.717, 1.165) is 12.8 Å². The van der Waals surface area contributed by atoms with Gasteiger partial charge in [-0.15, -0.1) is 0 Å². The van der Waals surface area contributed by atoms with Gasteiger partial charge < -0.3 is 5.73 Å². The maximum Gasteiger partial charge on any atom is 0.243 e. The Labute approximate surface area is 125 Å². The summed E-state index contributed by atoms with van der Waals surface area (Å²) >= 11 is 0. The first-order valence-corrected chi connectivity index (χ1v) is 8.77. The largest absolute Gasteiger partial charge is 0.327 e. The van der Waals surface area contributed by atoms with Gasteiger partial charge in [-0.05, 0) is 61.8 Å².